The van der Waals surface area contributed by atoms with Crippen LogP contribution in [0.15, 0.2) is 243 Å². The molecule has 16 atom stereocenters. The van der Waals surface area contributed by atoms with Crippen molar-refractivity contribution in [3.63, 3.8) is 0 Å². The number of benzene rings is 8. The summed E-state index contributed by atoms with van der Waals surface area (Å²) in [5.74, 6) is 0. The Labute approximate surface area is 543 Å². The van der Waals surface area contributed by atoms with Gasteiger partial charge in [0.2, 0.25) is 0 Å². The Morgan fingerprint density at radius 3 is 0.903 bits per heavy atom. The summed E-state index contributed by atoms with van der Waals surface area (Å²) in [6, 6.07) is 78.6. The second-order valence-corrected chi connectivity index (χ2v) is 23.5. The van der Waals surface area contributed by atoms with Gasteiger partial charge < -0.3 is 81.3 Å². The van der Waals surface area contributed by atoms with Crippen LogP contribution in [0.25, 0.3) is 0 Å². The molecule has 4 heterocycles. The van der Waals surface area contributed by atoms with Crippen LogP contribution in [0.1, 0.15) is 44.5 Å². The number of hydrogen-bond donors (Lipinski definition) is 2. The first-order valence-electron chi connectivity index (χ1n) is 32.0. The maximum absolute atomic E-state index is 12.3. The molecular weight excluding hydrogens is 1180 g/mol. The maximum Gasteiger partial charge on any atom is 0.187 e. The first-order valence-corrected chi connectivity index (χ1v) is 32.0. The summed E-state index contributed by atoms with van der Waals surface area (Å²) in [7, 11) is 0. The average molecular weight is 1270 g/mol. The summed E-state index contributed by atoms with van der Waals surface area (Å²) in [6.45, 7) is 1.90. The standard InChI is InChI=1S/C76H82O17/c77-65-66(82-44-56-31-15-4-16-32-56)61(49-79-41-53-25-9-1-10-26-53)89-74(65)92-69-64(88-73(78)70(69)85-47-59-37-21-7-22-38-59)52-87-75-72(68(84-46-58-35-19-6-20-36-58)63(90-75)51-81-43-55-29-13-3-14-30-55)93-76-71(86-48-60-39-23-8-24-40-60)67(83-45-57-33-17-5-18-34-57)62(91-76)50-80-42-54-27-11-2-12-28-54/h1-40,61-78H,41-52H2/t61-,62-,63-,64-,65+,66-,67-,68-,69-,70+,71+,72+,73+,74-,75+,76+/m1/s1. The molecule has 4 aliphatic rings. The average Bonchev–Trinajstić information content (AvgIpc) is 1.88. The van der Waals surface area contributed by atoms with Gasteiger partial charge in [0.25, 0.3) is 0 Å². The summed E-state index contributed by atoms with van der Waals surface area (Å²) in [4.78, 5) is 0. The van der Waals surface area contributed by atoms with Gasteiger partial charge in [-0.1, -0.05) is 243 Å². The molecule has 4 saturated heterocycles. The van der Waals surface area contributed by atoms with Gasteiger partial charge >= 0.3 is 0 Å². The highest BCUT2D eigenvalue weighted by molar-refractivity contribution is 5.20. The molecule has 488 valence electrons. The van der Waals surface area contributed by atoms with Crippen LogP contribution in [0.2, 0.25) is 0 Å². The molecule has 0 aliphatic carbocycles. The second-order valence-electron chi connectivity index (χ2n) is 23.5. The van der Waals surface area contributed by atoms with E-state index in [1.807, 2.05) is 243 Å². The normalized spacial score (nSPS) is 27.6. The Hall–Kier alpha value is -6.92. The van der Waals surface area contributed by atoms with Crippen molar-refractivity contribution in [1.82, 2.24) is 0 Å². The van der Waals surface area contributed by atoms with E-state index in [0.717, 1.165) is 44.5 Å². The van der Waals surface area contributed by atoms with Crippen LogP contribution in [0.5, 0.6) is 0 Å². The number of aliphatic hydroxyl groups excluding tert-OH is 2. The van der Waals surface area contributed by atoms with Gasteiger partial charge in [-0.2, -0.15) is 0 Å². The minimum Gasteiger partial charge on any atom is -0.385 e. The van der Waals surface area contributed by atoms with Crippen LogP contribution in [-0.2, 0) is 124 Å². The highest BCUT2D eigenvalue weighted by atomic mass is 16.8. The number of rotatable bonds is 34. The third-order valence-corrected chi connectivity index (χ3v) is 16.7. The molecule has 17 nitrogen and oxygen atoms in total. The van der Waals surface area contributed by atoms with E-state index >= 15 is 0 Å². The molecule has 0 unspecified atom stereocenters. The minimum absolute atomic E-state index is 0.0733. The molecule has 0 radical (unpaired) electrons. The fourth-order valence-electron chi connectivity index (χ4n) is 11.9. The van der Waals surface area contributed by atoms with E-state index in [4.69, 9.17) is 71.1 Å². The Bertz CT molecular complexity index is 3350. The smallest absolute Gasteiger partial charge is 0.187 e. The third-order valence-electron chi connectivity index (χ3n) is 16.7. The zero-order valence-corrected chi connectivity index (χ0v) is 51.8. The lowest BCUT2D eigenvalue weighted by Crippen LogP contribution is -2.47. The van der Waals surface area contributed by atoms with Crippen molar-refractivity contribution in [2.24, 2.45) is 0 Å². The van der Waals surface area contributed by atoms with Crippen LogP contribution < -0.4 is 0 Å². The van der Waals surface area contributed by atoms with Gasteiger partial charge in [0.1, 0.15) is 73.2 Å². The largest absolute Gasteiger partial charge is 0.385 e. The second kappa shape index (κ2) is 34.5. The molecule has 8 aromatic carbocycles. The molecule has 4 aliphatic heterocycles. The molecule has 0 aromatic heterocycles. The fourth-order valence-corrected chi connectivity index (χ4v) is 11.9. The monoisotopic (exact) mass is 1270 g/mol. The Morgan fingerprint density at radius 2 is 0.516 bits per heavy atom. The molecule has 93 heavy (non-hydrogen) atoms. The van der Waals surface area contributed by atoms with E-state index in [2.05, 4.69) is 0 Å². The summed E-state index contributed by atoms with van der Waals surface area (Å²) in [6.07, 6.45) is -16.2. The summed E-state index contributed by atoms with van der Waals surface area (Å²) < 4.78 is 101. The van der Waals surface area contributed by atoms with Crippen molar-refractivity contribution >= 4 is 0 Å². The van der Waals surface area contributed by atoms with Crippen LogP contribution in [-0.4, -0.2) is 135 Å². The fraction of sp³-hybridized carbons (Fsp3) is 0.368. The summed E-state index contributed by atoms with van der Waals surface area (Å²) >= 11 is 0. The lowest BCUT2D eigenvalue weighted by molar-refractivity contribution is -0.263. The molecule has 17 heteroatoms. The van der Waals surface area contributed by atoms with Crippen LogP contribution in [0.4, 0.5) is 0 Å². The van der Waals surface area contributed by atoms with Crippen molar-refractivity contribution in [3.8, 4) is 0 Å². The zero-order chi connectivity index (χ0) is 63.2. The van der Waals surface area contributed by atoms with Crippen molar-refractivity contribution < 1.29 is 81.3 Å². The SMILES string of the molecule is O[C@@H]1[C@@H](O[C@H]2[C@H](OCc3ccccc3)[C@@H](O)O[C@@H]2CO[C@H]2O[C@H](COCc3ccccc3)[C@@H](OCc3ccccc3)[C@@H]2O[C@@H]2O[C@H](COCc3ccccc3)[C@@H](OCc3ccccc3)[C@@H]2OCc2ccccc2)O[C@H](COCc2ccccc2)[C@H]1OCc1ccccc1. The van der Waals surface area contributed by atoms with E-state index in [0.29, 0.717) is 19.8 Å². The van der Waals surface area contributed by atoms with Gasteiger partial charge in [-0.25, -0.2) is 0 Å². The van der Waals surface area contributed by atoms with Gasteiger partial charge in [-0.05, 0) is 44.5 Å². The molecule has 4 fully saturated rings. The molecule has 0 spiro atoms. The van der Waals surface area contributed by atoms with Gasteiger partial charge in [0, 0.05) is 0 Å². The van der Waals surface area contributed by atoms with Crippen molar-refractivity contribution in [3.05, 3.63) is 287 Å². The van der Waals surface area contributed by atoms with Crippen LogP contribution in [0.3, 0.4) is 0 Å². The number of ether oxygens (including phenoxy) is 15. The van der Waals surface area contributed by atoms with Crippen LogP contribution in [0, 0.1) is 0 Å². The molecule has 0 saturated carbocycles. The molecule has 0 bridgehead atoms. The lowest BCUT2D eigenvalue weighted by Gasteiger charge is -2.31. The molecule has 8 aromatic rings. The van der Waals surface area contributed by atoms with E-state index < -0.39 is 98.4 Å². The van der Waals surface area contributed by atoms with Gasteiger partial charge in [0.05, 0.1) is 79.3 Å². The number of aliphatic hydroxyl groups is 2. The summed E-state index contributed by atoms with van der Waals surface area (Å²) in [5, 5.41) is 24.2. The molecule has 12 rings (SSSR count). The Morgan fingerprint density at radius 1 is 0.237 bits per heavy atom. The van der Waals surface area contributed by atoms with E-state index in [1.165, 1.54) is 0 Å². The van der Waals surface area contributed by atoms with Crippen LogP contribution >= 0.6 is 0 Å². The predicted molar refractivity (Wildman–Crippen MR) is 342 cm³/mol. The van der Waals surface area contributed by atoms with Gasteiger partial charge in [-0.3, -0.25) is 0 Å². The lowest BCUT2D eigenvalue weighted by atomic mass is 10.1. The van der Waals surface area contributed by atoms with Crippen molar-refractivity contribution in [2.45, 2.75) is 151 Å². The molecular formula is C76H82O17. The maximum atomic E-state index is 12.3. The Balaban J connectivity index is 0.845. The quantitative estimate of drug-likeness (QED) is 0.0389. The molecule has 2 N–H and O–H groups in total. The summed E-state index contributed by atoms with van der Waals surface area (Å²) in [5.41, 5.74) is 7.52. The van der Waals surface area contributed by atoms with Crippen molar-refractivity contribution in [1.29, 1.82) is 0 Å². The van der Waals surface area contributed by atoms with Gasteiger partial charge in [-0.15, -0.1) is 0 Å². The highest BCUT2D eigenvalue weighted by Crippen LogP contribution is 2.38. The van der Waals surface area contributed by atoms with E-state index in [9.17, 15) is 10.2 Å². The van der Waals surface area contributed by atoms with E-state index in [1.54, 1.807) is 0 Å². The van der Waals surface area contributed by atoms with Gasteiger partial charge in [0.15, 0.2) is 25.2 Å². The number of hydrogen-bond acceptors (Lipinski definition) is 17. The Kier molecular flexibility index (Phi) is 24.5. The first kappa shape index (κ1) is 66.1. The highest BCUT2D eigenvalue weighted by Gasteiger charge is 2.56. The van der Waals surface area contributed by atoms with Crippen molar-refractivity contribution in [2.75, 3.05) is 26.4 Å². The minimum atomic E-state index is -1.51. The third kappa shape index (κ3) is 18.7. The first-order chi connectivity index (χ1) is 45.9. The van der Waals surface area contributed by atoms with E-state index in [-0.39, 0.29) is 59.5 Å². The predicted octanol–water partition coefficient (Wildman–Crippen LogP) is 10.6. The topological polar surface area (TPSA) is 179 Å². The zero-order valence-electron chi connectivity index (χ0n) is 51.8. The molecule has 0 amide bonds.